The largest absolute Gasteiger partial charge is 0.309 e. The predicted octanol–water partition coefficient (Wildman–Crippen LogP) is 11.1. The molecule has 0 aliphatic carbocycles. The van der Waals surface area contributed by atoms with Gasteiger partial charge in [0.15, 0.2) is 11.6 Å². The van der Waals surface area contributed by atoms with Gasteiger partial charge >= 0.3 is 0 Å². The van der Waals surface area contributed by atoms with Crippen LogP contribution < -0.4 is 0 Å². The van der Waals surface area contributed by atoms with Crippen molar-refractivity contribution in [3.8, 4) is 45.5 Å². The Bertz CT molecular complexity index is 2800. The van der Waals surface area contributed by atoms with Crippen molar-refractivity contribution >= 4 is 43.6 Å². The second kappa shape index (κ2) is 11.4. The first-order chi connectivity index (χ1) is 24.8. The molecule has 3 heterocycles. The van der Waals surface area contributed by atoms with Gasteiger partial charge in [-0.15, -0.1) is 0 Å². The molecule has 234 valence electrons. The fourth-order valence-corrected chi connectivity index (χ4v) is 7.42. The highest BCUT2D eigenvalue weighted by Crippen LogP contribution is 2.43. The van der Waals surface area contributed by atoms with Crippen LogP contribution in [0.1, 0.15) is 0 Å². The number of para-hydroxylation sites is 5. The molecule has 0 amide bonds. The van der Waals surface area contributed by atoms with E-state index in [1.54, 1.807) is 0 Å². The van der Waals surface area contributed by atoms with Gasteiger partial charge < -0.3 is 4.57 Å². The lowest BCUT2D eigenvalue weighted by molar-refractivity contribution is 0.954. The van der Waals surface area contributed by atoms with Crippen LogP contribution in [-0.2, 0) is 0 Å². The molecular formula is C45H29N5. The summed E-state index contributed by atoms with van der Waals surface area (Å²) in [6, 6.07) is 61.4. The van der Waals surface area contributed by atoms with E-state index >= 15 is 0 Å². The first-order valence-corrected chi connectivity index (χ1v) is 16.8. The lowest BCUT2D eigenvalue weighted by Gasteiger charge is -2.15. The van der Waals surface area contributed by atoms with Gasteiger partial charge in [0.2, 0.25) is 5.95 Å². The fourth-order valence-electron chi connectivity index (χ4n) is 7.42. The third-order valence-corrected chi connectivity index (χ3v) is 9.58. The molecule has 0 saturated heterocycles. The van der Waals surface area contributed by atoms with E-state index in [1.165, 1.54) is 16.3 Å². The average Bonchev–Trinajstić information content (AvgIpc) is 3.72. The van der Waals surface area contributed by atoms with E-state index in [9.17, 15) is 0 Å². The maximum atomic E-state index is 5.20. The monoisotopic (exact) mass is 639 g/mol. The van der Waals surface area contributed by atoms with Gasteiger partial charge in [0.05, 0.1) is 22.1 Å². The van der Waals surface area contributed by atoms with Crippen LogP contribution in [0.15, 0.2) is 176 Å². The molecule has 5 nitrogen and oxygen atoms in total. The minimum Gasteiger partial charge on any atom is -0.309 e. The Morgan fingerprint density at radius 1 is 0.320 bits per heavy atom. The van der Waals surface area contributed by atoms with Crippen molar-refractivity contribution < 1.29 is 0 Å². The van der Waals surface area contributed by atoms with Crippen LogP contribution in [0.5, 0.6) is 0 Å². The number of nitrogens with zero attached hydrogens (tertiary/aromatic N) is 5. The van der Waals surface area contributed by atoms with Crippen molar-refractivity contribution in [2.75, 3.05) is 0 Å². The van der Waals surface area contributed by atoms with Gasteiger partial charge in [-0.2, -0.15) is 9.97 Å². The van der Waals surface area contributed by atoms with Crippen molar-refractivity contribution in [1.82, 2.24) is 24.1 Å². The van der Waals surface area contributed by atoms with Crippen LogP contribution in [0.4, 0.5) is 0 Å². The maximum absolute atomic E-state index is 5.20. The summed E-state index contributed by atoms with van der Waals surface area (Å²) in [6.45, 7) is 0. The van der Waals surface area contributed by atoms with Gasteiger partial charge in [-0.05, 0) is 24.3 Å². The van der Waals surface area contributed by atoms with Gasteiger partial charge in [0.1, 0.15) is 0 Å². The minimum atomic E-state index is 0.576. The number of aromatic nitrogens is 5. The number of fused-ring (bicyclic) bond motifs is 6. The normalized spacial score (nSPS) is 11.6. The number of hydrogen-bond donors (Lipinski definition) is 0. The Morgan fingerprint density at radius 3 is 1.28 bits per heavy atom. The molecule has 5 heteroatoms. The molecule has 10 aromatic rings. The summed E-state index contributed by atoms with van der Waals surface area (Å²) >= 11 is 0. The van der Waals surface area contributed by atoms with Crippen LogP contribution in [0.2, 0.25) is 0 Å². The molecular weight excluding hydrogens is 611 g/mol. The molecule has 0 N–H and O–H groups in total. The molecule has 0 saturated carbocycles. The van der Waals surface area contributed by atoms with Gasteiger partial charge in [0.25, 0.3) is 0 Å². The Morgan fingerprint density at radius 2 is 0.740 bits per heavy atom. The third-order valence-electron chi connectivity index (χ3n) is 9.58. The van der Waals surface area contributed by atoms with Crippen molar-refractivity contribution in [3.63, 3.8) is 0 Å². The van der Waals surface area contributed by atoms with E-state index in [0.29, 0.717) is 17.6 Å². The average molecular weight is 640 g/mol. The van der Waals surface area contributed by atoms with Crippen molar-refractivity contribution in [1.29, 1.82) is 0 Å². The molecule has 0 aliphatic heterocycles. The van der Waals surface area contributed by atoms with E-state index in [0.717, 1.165) is 55.3 Å². The number of hydrogen-bond acceptors (Lipinski definition) is 3. The molecule has 3 aromatic heterocycles. The zero-order valence-corrected chi connectivity index (χ0v) is 27.0. The van der Waals surface area contributed by atoms with Crippen LogP contribution >= 0.6 is 0 Å². The Hall–Kier alpha value is -6.85. The first kappa shape index (κ1) is 28.2. The van der Waals surface area contributed by atoms with Crippen LogP contribution in [0.3, 0.4) is 0 Å². The van der Waals surface area contributed by atoms with E-state index in [4.69, 9.17) is 15.0 Å². The van der Waals surface area contributed by atoms with E-state index in [1.807, 2.05) is 60.7 Å². The molecule has 0 aliphatic rings. The second-order valence-corrected chi connectivity index (χ2v) is 12.5. The van der Waals surface area contributed by atoms with Crippen molar-refractivity contribution in [3.05, 3.63) is 176 Å². The molecule has 50 heavy (non-hydrogen) atoms. The lowest BCUT2D eigenvalue weighted by atomic mass is 9.99. The Kier molecular flexibility index (Phi) is 6.42. The summed E-state index contributed by atoms with van der Waals surface area (Å²) in [6.07, 6.45) is 0. The van der Waals surface area contributed by atoms with Crippen LogP contribution in [-0.4, -0.2) is 24.1 Å². The molecule has 0 spiro atoms. The summed E-state index contributed by atoms with van der Waals surface area (Å²) in [5, 5.41) is 4.71. The van der Waals surface area contributed by atoms with Crippen LogP contribution in [0.25, 0.3) is 89.2 Å². The minimum absolute atomic E-state index is 0.576. The molecule has 0 atom stereocenters. The highest BCUT2D eigenvalue weighted by molar-refractivity contribution is 6.18. The van der Waals surface area contributed by atoms with Gasteiger partial charge in [-0.3, -0.25) is 4.57 Å². The lowest BCUT2D eigenvalue weighted by Crippen LogP contribution is -2.07. The summed E-state index contributed by atoms with van der Waals surface area (Å²) in [7, 11) is 0. The summed E-state index contributed by atoms with van der Waals surface area (Å²) in [5.74, 6) is 1.83. The highest BCUT2D eigenvalue weighted by atomic mass is 15.2. The Balaban J connectivity index is 1.34. The summed E-state index contributed by atoms with van der Waals surface area (Å²) < 4.78 is 4.63. The standard InChI is InChI=1S/C45H29N5/c1-4-16-30(17-5-1)43-46-44(31-18-6-2-7-19-31)48-45(47-43)50-40-29-13-11-23-34(40)36-25-15-27-38(42(36)50)37-26-14-24-35-33-22-10-12-28-39(33)49(41(35)37)32-20-8-3-9-21-32/h1-29H. The topological polar surface area (TPSA) is 48.5 Å². The third kappa shape index (κ3) is 4.37. The maximum Gasteiger partial charge on any atom is 0.238 e. The summed E-state index contributed by atoms with van der Waals surface area (Å²) in [4.78, 5) is 15.4. The first-order valence-electron chi connectivity index (χ1n) is 16.8. The molecule has 7 aromatic carbocycles. The number of benzene rings is 7. The molecule has 10 rings (SSSR count). The fraction of sp³-hybridized carbons (Fsp3) is 0. The van der Waals surface area contributed by atoms with Gasteiger partial charge in [-0.1, -0.05) is 152 Å². The highest BCUT2D eigenvalue weighted by Gasteiger charge is 2.23. The zero-order valence-electron chi connectivity index (χ0n) is 27.0. The molecule has 0 unspecified atom stereocenters. The van der Waals surface area contributed by atoms with Gasteiger partial charge in [0, 0.05) is 49.5 Å². The van der Waals surface area contributed by atoms with Crippen molar-refractivity contribution in [2.45, 2.75) is 0 Å². The zero-order chi connectivity index (χ0) is 33.0. The van der Waals surface area contributed by atoms with E-state index < -0.39 is 0 Å². The SMILES string of the molecule is c1ccc(-c2nc(-c3ccccc3)nc(-n3c4ccccc4c4cccc(-c5cccc6c7ccccc7n(-c7ccccc7)c56)c43)n2)cc1. The molecule has 0 bridgehead atoms. The van der Waals surface area contributed by atoms with Gasteiger partial charge in [-0.25, -0.2) is 4.98 Å². The molecule has 0 fully saturated rings. The van der Waals surface area contributed by atoms with Crippen molar-refractivity contribution in [2.24, 2.45) is 0 Å². The van der Waals surface area contributed by atoms with E-state index in [2.05, 4.69) is 124 Å². The van der Waals surface area contributed by atoms with Crippen LogP contribution in [0, 0.1) is 0 Å². The Labute approximate surface area is 288 Å². The summed E-state index contributed by atoms with van der Waals surface area (Å²) in [5.41, 5.74) is 9.66. The second-order valence-electron chi connectivity index (χ2n) is 12.5. The van der Waals surface area contributed by atoms with E-state index in [-0.39, 0.29) is 0 Å². The quantitative estimate of drug-likeness (QED) is 0.188. The smallest absolute Gasteiger partial charge is 0.238 e. The predicted molar refractivity (Wildman–Crippen MR) is 205 cm³/mol. The number of rotatable bonds is 5. The molecule has 0 radical (unpaired) electrons.